The minimum Gasteiger partial charge on any atom is -0.313 e. The Morgan fingerprint density at radius 1 is 1.15 bits per heavy atom. The van der Waals surface area contributed by atoms with Crippen LogP contribution in [0.3, 0.4) is 0 Å². The summed E-state index contributed by atoms with van der Waals surface area (Å²) in [5.74, 6) is -2.76. The predicted molar refractivity (Wildman–Crippen MR) is 73.9 cm³/mol. The second-order valence-electron chi connectivity index (χ2n) is 5.65. The molecule has 1 aromatic carbocycles. The summed E-state index contributed by atoms with van der Waals surface area (Å²) in [6.07, 6.45) is 5.48. The van der Waals surface area contributed by atoms with E-state index in [0.29, 0.717) is 5.92 Å². The van der Waals surface area contributed by atoms with E-state index in [1.54, 1.807) is 7.05 Å². The maximum atomic E-state index is 14.0. The van der Waals surface area contributed by atoms with Crippen molar-refractivity contribution in [1.29, 1.82) is 0 Å². The first-order valence-corrected chi connectivity index (χ1v) is 7.40. The number of nitrogens with one attached hydrogen (secondary N) is 1. The van der Waals surface area contributed by atoms with Crippen molar-refractivity contribution < 1.29 is 13.2 Å². The number of halogens is 3. The smallest absolute Gasteiger partial charge is 0.194 e. The van der Waals surface area contributed by atoms with Gasteiger partial charge in [-0.2, -0.15) is 0 Å². The highest BCUT2D eigenvalue weighted by atomic mass is 19.2. The van der Waals surface area contributed by atoms with Crippen LogP contribution in [0.5, 0.6) is 0 Å². The van der Waals surface area contributed by atoms with E-state index in [9.17, 15) is 13.2 Å². The van der Waals surface area contributed by atoms with E-state index in [0.717, 1.165) is 31.7 Å². The normalized spacial score (nSPS) is 24.6. The van der Waals surface area contributed by atoms with Gasteiger partial charge in [0.15, 0.2) is 17.5 Å². The summed E-state index contributed by atoms with van der Waals surface area (Å²) in [5, 5.41) is 3.11. The molecule has 112 valence electrons. The number of hydrogen-bond acceptors (Lipinski definition) is 1. The lowest BCUT2D eigenvalue weighted by Crippen LogP contribution is -2.33. The van der Waals surface area contributed by atoms with Gasteiger partial charge in [-0.1, -0.05) is 38.7 Å². The maximum absolute atomic E-state index is 14.0. The lowest BCUT2D eigenvalue weighted by Gasteiger charge is -2.37. The molecule has 0 bridgehead atoms. The molecule has 1 fully saturated rings. The topological polar surface area (TPSA) is 12.0 Å². The Kier molecular flexibility index (Phi) is 5.08. The van der Waals surface area contributed by atoms with Gasteiger partial charge in [-0.15, -0.1) is 0 Å². The van der Waals surface area contributed by atoms with Crippen LogP contribution in [0.1, 0.15) is 50.6 Å². The maximum Gasteiger partial charge on any atom is 0.194 e. The standard InChI is InChI=1S/C16H22F3N/c1-3-10-6-4-5-7-11(10)16(20-2)12-8-9-13(17)15(19)14(12)18/h8-11,16,20H,3-7H2,1-2H3. The van der Waals surface area contributed by atoms with E-state index in [-0.39, 0.29) is 17.5 Å². The first-order chi connectivity index (χ1) is 9.60. The van der Waals surface area contributed by atoms with Gasteiger partial charge in [-0.05, 0) is 31.4 Å². The Balaban J connectivity index is 2.34. The highest BCUT2D eigenvalue weighted by Gasteiger charge is 2.33. The molecule has 1 aromatic rings. The molecular formula is C16H22F3N. The van der Waals surface area contributed by atoms with E-state index in [1.165, 1.54) is 12.5 Å². The third kappa shape index (κ3) is 2.85. The highest BCUT2D eigenvalue weighted by molar-refractivity contribution is 5.24. The van der Waals surface area contributed by atoms with Crippen molar-refractivity contribution in [3.8, 4) is 0 Å². The predicted octanol–water partition coefficient (Wildman–Crippen LogP) is 4.58. The lowest BCUT2D eigenvalue weighted by atomic mass is 9.72. The van der Waals surface area contributed by atoms with Gasteiger partial charge >= 0.3 is 0 Å². The van der Waals surface area contributed by atoms with Crippen LogP contribution >= 0.6 is 0 Å². The van der Waals surface area contributed by atoms with Crippen LogP contribution in [0, 0.1) is 29.3 Å². The molecule has 1 saturated carbocycles. The van der Waals surface area contributed by atoms with Gasteiger partial charge < -0.3 is 5.32 Å². The number of benzene rings is 1. The minimum absolute atomic E-state index is 0.247. The quantitative estimate of drug-likeness (QED) is 0.798. The van der Waals surface area contributed by atoms with Crippen molar-refractivity contribution in [3.05, 3.63) is 35.1 Å². The zero-order valence-electron chi connectivity index (χ0n) is 12.1. The summed E-state index contributed by atoms with van der Waals surface area (Å²) >= 11 is 0. The minimum atomic E-state index is -1.37. The van der Waals surface area contributed by atoms with Crippen LogP contribution < -0.4 is 5.32 Å². The largest absolute Gasteiger partial charge is 0.313 e. The Labute approximate surface area is 118 Å². The van der Waals surface area contributed by atoms with Crippen LogP contribution in [0.4, 0.5) is 13.2 Å². The van der Waals surface area contributed by atoms with Crippen LogP contribution in [0.25, 0.3) is 0 Å². The molecule has 1 nitrogen and oxygen atoms in total. The van der Waals surface area contributed by atoms with E-state index in [1.807, 2.05) is 0 Å². The Morgan fingerprint density at radius 2 is 1.85 bits per heavy atom. The monoisotopic (exact) mass is 285 g/mol. The highest BCUT2D eigenvalue weighted by Crippen LogP contribution is 2.41. The molecular weight excluding hydrogens is 263 g/mol. The zero-order chi connectivity index (χ0) is 14.7. The molecule has 0 aromatic heterocycles. The van der Waals surface area contributed by atoms with Crippen LogP contribution in [0.15, 0.2) is 12.1 Å². The fourth-order valence-electron chi connectivity index (χ4n) is 3.56. The van der Waals surface area contributed by atoms with Gasteiger partial charge in [0.25, 0.3) is 0 Å². The van der Waals surface area contributed by atoms with E-state index in [2.05, 4.69) is 12.2 Å². The van der Waals surface area contributed by atoms with E-state index >= 15 is 0 Å². The molecule has 20 heavy (non-hydrogen) atoms. The molecule has 0 amide bonds. The molecule has 3 unspecified atom stereocenters. The summed E-state index contributed by atoms with van der Waals surface area (Å²) < 4.78 is 40.6. The molecule has 0 radical (unpaired) electrons. The summed E-state index contributed by atoms with van der Waals surface area (Å²) in [6.45, 7) is 2.14. The first-order valence-electron chi connectivity index (χ1n) is 7.40. The molecule has 1 aliphatic carbocycles. The van der Waals surface area contributed by atoms with Gasteiger partial charge in [-0.25, -0.2) is 13.2 Å². The summed E-state index contributed by atoms with van der Waals surface area (Å²) in [7, 11) is 1.76. The third-order valence-corrected chi connectivity index (χ3v) is 4.63. The lowest BCUT2D eigenvalue weighted by molar-refractivity contribution is 0.177. The Morgan fingerprint density at radius 3 is 2.50 bits per heavy atom. The fourth-order valence-corrected chi connectivity index (χ4v) is 3.56. The SMILES string of the molecule is CCC1CCCCC1C(NC)c1ccc(F)c(F)c1F. The summed E-state index contributed by atoms with van der Waals surface area (Å²) in [6, 6.07) is 2.13. The number of hydrogen-bond donors (Lipinski definition) is 1. The zero-order valence-corrected chi connectivity index (χ0v) is 12.1. The molecule has 2 rings (SSSR count). The van der Waals surface area contributed by atoms with Gasteiger partial charge in [0, 0.05) is 11.6 Å². The molecule has 4 heteroatoms. The summed E-state index contributed by atoms with van der Waals surface area (Å²) in [5.41, 5.74) is 0.247. The van der Waals surface area contributed by atoms with Crippen molar-refractivity contribution in [3.63, 3.8) is 0 Å². The number of rotatable bonds is 4. The van der Waals surface area contributed by atoms with Crippen molar-refractivity contribution in [2.24, 2.45) is 11.8 Å². The van der Waals surface area contributed by atoms with Crippen LogP contribution in [-0.4, -0.2) is 7.05 Å². The average molecular weight is 285 g/mol. The van der Waals surface area contributed by atoms with Crippen LogP contribution in [-0.2, 0) is 0 Å². The Hall–Kier alpha value is -1.03. The van der Waals surface area contributed by atoms with Gasteiger partial charge in [0.2, 0.25) is 0 Å². The summed E-state index contributed by atoms with van der Waals surface area (Å²) in [4.78, 5) is 0. The van der Waals surface area contributed by atoms with Crippen molar-refractivity contribution in [2.75, 3.05) is 7.05 Å². The molecule has 3 atom stereocenters. The van der Waals surface area contributed by atoms with Crippen molar-refractivity contribution in [1.82, 2.24) is 5.32 Å². The van der Waals surface area contributed by atoms with Gasteiger partial charge in [0.05, 0.1) is 0 Å². The molecule has 0 saturated heterocycles. The van der Waals surface area contributed by atoms with E-state index in [4.69, 9.17) is 0 Å². The third-order valence-electron chi connectivity index (χ3n) is 4.63. The molecule has 0 heterocycles. The van der Waals surface area contributed by atoms with Gasteiger partial charge in [0.1, 0.15) is 0 Å². The molecule has 0 aliphatic heterocycles. The fraction of sp³-hybridized carbons (Fsp3) is 0.625. The average Bonchev–Trinajstić information content (AvgIpc) is 2.48. The van der Waals surface area contributed by atoms with E-state index < -0.39 is 17.5 Å². The second-order valence-corrected chi connectivity index (χ2v) is 5.65. The molecule has 1 N–H and O–H groups in total. The van der Waals surface area contributed by atoms with Crippen molar-refractivity contribution in [2.45, 2.75) is 45.1 Å². The first kappa shape index (κ1) is 15.4. The van der Waals surface area contributed by atoms with Crippen molar-refractivity contribution >= 4 is 0 Å². The molecule has 0 spiro atoms. The van der Waals surface area contributed by atoms with Gasteiger partial charge in [-0.3, -0.25) is 0 Å². The Bertz CT molecular complexity index is 461. The second kappa shape index (κ2) is 6.61. The molecule has 1 aliphatic rings. The van der Waals surface area contributed by atoms with Crippen LogP contribution in [0.2, 0.25) is 0 Å².